The summed E-state index contributed by atoms with van der Waals surface area (Å²) in [6.45, 7) is 5.42. The van der Waals surface area contributed by atoms with Gasteiger partial charge in [-0.1, -0.05) is 0 Å². The van der Waals surface area contributed by atoms with Crippen LogP contribution in [-0.2, 0) is 19.3 Å². The molecule has 2 aliphatic rings. The largest absolute Gasteiger partial charge is 0.504 e. The van der Waals surface area contributed by atoms with Crippen LogP contribution in [0, 0.1) is 0 Å². The maximum Gasteiger partial charge on any atom is 0.164 e. The zero-order chi connectivity index (χ0) is 14.3. The van der Waals surface area contributed by atoms with Crippen molar-refractivity contribution in [2.75, 3.05) is 13.2 Å². The summed E-state index contributed by atoms with van der Waals surface area (Å²) in [6, 6.07) is 0. The molecule has 0 saturated carbocycles. The summed E-state index contributed by atoms with van der Waals surface area (Å²) in [5, 5.41) is 10.5. The van der Waals surface area contributed by atoms with Crippen molar-refractivity contribution in [3.05, 3.63) is 16.7 Å². The van der Waals surface area contributed by atoms with E-state index >= 15 is 0 Å². The predicted molar refractivity (Wildman–Crippen MR) is 77.7 cm³/mol. The lowest BCUT2D eigenvalue weighted by Gasteiger charge is -2.31. The summed E-state index contributed by atoms with van der Waals surface area (Å²) in [6.07, 6.45) is 4.41. The molecule has 0 bridgehead atoms. The average Bonchev–Trinajstić information content (AvgIpc) is 2.42. The minimum atomic E-state index is -0.309. The van der Waals surface area contributed by atoms with Crippen LogP contribution in [0.15, 0.2) is 0 Å². The third-order valence-electron chi connectivity index (χ3n) is 3.95. The average molecular weight is 277 g/mol. The number of benzene rings is 1. The molecule has 20 heavy (non-hydrogen) atoms. The highest BCUT2D eigenvalue weighted by atomic mass is 16.5. The molecule has 0 saturated heterocycles. The molecule has 3 rings (SSSR count). The topological polar surface area (TPSA) is 64.7 Å². The van der Waals surface area contributed by atoms with Gasteiger partial charge in [-0.3, -0.25) is 0 Å². The predicted octanol–water partition coefficient (Wildman–Crippen LogP) is 2.32. The number of aromatic hydroxyl groups is 1. The van der Waals surface area contributed by atoms with Crippen LogP contribution in [0.4, 0.5) is 0 Å². The number of nitrogens with two attached hydrogens (primary N) is 1. The SMILES string of the molecule is CC(C)(N)Cc1c2c(c(O)c3c1OCCC3)OCCC2. The molecule has 0 aromatic heterocycles. The van der Waals surface area contributed by atoms with Crippen molar-refractivity contribution in [2.45, 2.75) is 51.5 Å². The second kappa shape index (κ2) is 4.85. The van der Waals surface area contributed by atoms with E-state index in [4.69, 9.17) is 15.2 Å². The zero-order valence-corrected chi connectivity index (χ0v) is 12.3. The molecule has 0 spiro atoms. The quantitative estimate of drug-likeness (QED) is 0.870. The van der Waals surface area contributed by atoms with Gasteiger partial charge in [0.15, 0.2) is 11.5 Å². The normalized spacial score (nSPS) is 17.8. The molecular weight excluding hydrogens is 254 g/mol. The fraction of sp³-hybridized carbons (Fsp3) is 0.625. The number of ether oxygens (including phenoxy) is 2. The van der Waals surface area contributed by atoms with E-state index in [1.165, 1.54) is 0 Å². The molecule has 4 nitrogen and oxygen atoms in total. The summed E-state index contributed by atoms with van der Waals surface area (Å²) >= 11 is 0. The first-order valence-electron chi connectivity index (χ1n) is 7.41. The van der Waals surface area contributed by atoms with Gasteiger partial charge in [0, 0.05) is 22.2 Å². The van der Waals surface area contributed by atoms with Crippen molar-refractivity contribution in [1.29, 1.82) is 0 Å². The van der Waals surface area contributed by atoms with Gasteiger partial charge in [-0.2, -0.15) is 0 Å². The number of phenolic OH excluding ortho intramolecular Hbond substituents is 1. The summed E-state index contributed by atoms with van der Waals surface area (Å²) in [5.74, 6) is 1.81. The van der Waals surface area contributed by atoms with Crippen LogP contribution < -0.4 is 15.2 Å². The van der Waals surface area contributed by atoms with Gasteiger partial charge in [0.1, 0.15) is 5.75 Å². The van der Waals surface area contributed by atoms with Crippen molar-refractivity contribution >= 4 is 0 Å². The smallest absolute Gasteiger partial charge is 0.164 e. The van der Waals surface area contributed by atoms with E-state index in [1.54, 1.807) is 0 Å². The number of phenols is 1. The van der Waals surface area contributed by atoms with Gasteiger partial charge in [0.25, 0.3) is 0 Å². The van der Waals surface area contributed by atoms with Crippen LogP contribution in [0.25, 0.3) is 0 Å². The molecule has 0 aliphatic carbocycles. The molecule has 0 unspecified atom stereocenters. The van der Waals surface area contributed by atoms with Crippen molar-refractivity contribution in [1.82, 2.24) is 0 Å². The minimum absolute atomic E-state index is 0.285. The molecule has 3 N–H and O–H groups in total. The van der Waals surface area contributed by atoms with Crippen molar-refractivity contribution in [2.24, 2.45) is 5.73 Å². The van der Waals surface area contributed by atoms with E-state index < -0.39 is 0 Å². The van der Waals surface area contributed by atoms with Gasteiger partial charge in [-0.25, -0.2) is 0 Å². The third-order valence-corrected chi connectivity index (χ3v) is 3.95. The number of hydrogen-bond acceptors (Lipinski definition) is 4. The Morgan fingerprint density at radius 2 is 1.65 bits per heavy atom. The van der Waals surface area contributed by atoms with Crippen LogP contribution >= 0.6 is 0 Å². The van der Waals surface area contributed by atoms with Crippen molar-refractivity contribution < 1.29 is 14.6 Å². The molecule has 4 heteroatoms. The number of fused-ring (bicyclic) bond motifs is 2. The Morgan fingerprint density at radius 1 is 1.05 bits per heavy atom. The highest BCUT2D eigenvalue weighted by Crippen LogP contribution is 2.48. The summed E-state index contributed by atoms with van der Waals surface area (Å²) in [4.78, 5) is 0. The highest BCUT2D eigenvalue weighted by Gasteiger charge is 2.31. The van der Waals surface area contributed by atoms with Crippen molar-refractivity contribution in [3.63, 3.8) is 0 Å². The number of rotatable bonds is 2. The molecule has 0 amide bonds. The zero-order valence-electron chi connectivity index (χ0n) is 12.3. The Hall–Kier alpha value is -1.42. The summed E-state index contributed by atoms with van der Waals surface area (Å²) in [7, 11) is 0. The Kier molecular flexibility index (Phi) is 3.28. The second-order valence-corrected chi connectivity index (χ2v) is 6.51. The first kappa shape index (κ1) is 13.6. The Labute approximate surface area is 119 Å². The first-order chi connectivity index (χ1) is 9.47. The molecule has 1 aromatic carbocycles. The third kappa shape index (κ3) is 2.33. The molecule has 0 radical (unpaired) electrons. The molecule has 2 aliphatic heterocycles. The minimum Gasteiger partial charge on any atom is -0.504 e. The fourth-order valence-electron chi connectivity index (χ4n) is 3.16. The van der Waals surface area contributed by atoms with Crippen LogP contribution in [-0.4, -0.2) is 23.9 Å². The van der Waals surface area contributed by atoms with Crippen LogP contribution in [0.1, 0.15) is 43.4 Å². The van der Waals surface area contributed by atoms with E-state index in [1.807, 2.05) is 13.8 Å². The Morgan fingerprint density at radius 3 is 2.30 bits per heavy atom. The monoisotopic (exact) mass is 277 g/mol. The molecule has 110 valence electrons. The van der Waals surface area contributed by atoms with Gasteiger partial charge in [-0.15, -0.1) is 0 Å². The molecular formula is C16H23NO3. The van der Waals surface area contributed by atoms with E-state index in [-0.39, 0.29) is 11.3 Å². The Bertz CT molecular complexity index is 494. The van der Waals surface area contributed by atoms with Crippen LogP contribution in [0.5, 0.6) is 17.2 Å². The standard InChI is InChI=1S/C16H23NO3/c1-16(2,17)9-12-10-5-3-8-20-15(10)13(18)11-6-4-7-19-14(11)12/h18H,3-9,17H2,1-2H3. The van der Waals surface area contributed by atoms with Crippen molar-refractivity contribution in [3.8, 4) is 17.2 Å². The molecule has 0 fully saturated rings. The summed E-state index contributed by atoms with van der Waals surface area (Å²) < 4.78 is 11.6. The highest BCUT2D eigenvalue weighted by molar-refractivity contribution is 5.64. The lowest BCUT2D eigenvalue weighted by molar-refractivity contribution is 0.252. The van der Waals surface area contributed by atoms with Gasteiger partial charge >= 0.3 is 0 Å². The first-order valence-corrected chi connectivity index (χ1v) is 7.41. The Balaban J connectivity index is 2.19. The number of hydrogen-bond donors (Lipinski definition) is 2. The molecule has 2 heterocycles. The van der Waals surface area contributed by atoms with Gasteiger partial charge in [0.05, 0.1) is 13.2 Å². The van der Waals surface area contributed by atoms with E-state index in [9.17, 15) is 5.11 Å². The molecule has 1 aromatic rings. The van der Waals surface area contributed by atoms with E-state index in [0.29, 0.717) is 19.0 Å². The van der Waals surface area contributed by atoms with E-state index in [2.05, 4.69) is 0 Å². The lowest BCUT2D eigenvalue weighted by Crippen LogP contribution is -2.35. The van der Waals surface area contributed by atoms with Crippen LogP contribution in [0.3, 0.4) is 0 Å². The van der Waals surface area contributed by atoms with E-state index in [0.717, 1.165) is 54.5 Å². The maximum absolute atomic E-state index is 10.5. The van der Waals surface area contributed by atoms with Crippen LogP contribution in [0.2, 0.25) is 0 Å². The lowest BCUT2D eigenvalue weighted by atomic mass is 9.86. The second-order valence-electron chi connectivity index (χ2n) is 6.51. The molecule has 0 atom stereocenters. The maximum atomic E-state index is 10.5. The van der Waals surface area contributed by atoms with Gasteiger partial charge in [-0.05, 0) is 46.0 Å². The summed E-state index contributed by atoms with van der Waals surface area (Å²) in [5.41, 5.74) is 9.03. The van der Waals surface area contributed by atoms with Gasteiger partial charge < -0.3 is 20.3 Å². The fourth-order valence-corrected chi connectivity index (χ4v) is 3.16. The van der Waals surface area contributed by atoms with Gasteiger partial charge in [0.2, 0.25) is 0 Å².